The van der Waals surface area contributed by atoms with Crippen LogP contribution in [-0.4, -0.2) is 23.9 Å². The van der Waals surface area contributed by atoms with E-state index < -0.39 is 34.3 Å². The van der Waals surface area contributed by atoms with Gasteiger partial charge in [-0.05, 0) is 13.0 Å². The number of hydrogen-bond donors (Lipinski definition) is 0. The van der Waals surface area contributed by atoms with E-state index in [1.165, 1.54) is 6.92 Å². The largest absolute Gasteiger partial charge is 0.573 e. The number of nitro groups is 1. The summed E-state index contributed by atoms with van der Waals surface area (Å²) in [4.78, 5) is 21.2. The van der Waals surface area contributed by atoms with Gasteiger partial charge >= 0.3 is 12.3 Å². The standard InChI is InChI=1S/C10H8F3NO5/c1-2-18-9(15)7-5-6(19-10(11,12)13)3-4-8(7)14(16)17/h3-5H,2H2,1H3. The van der Waals surface area contributed by atoms with E-state index in [1.54, 1.807) is 0 Å². The van der Waals surface area contributed by atoms with E-state index in [-0.39, 0.29) is 6.61 Å². The minimum absolute atomic E-state index is 0.0691. The molecule has 6 nitrogen and oxygen atoms in total. The van der Waals surface area contributed by atoms with Gasteiger partial charge < -0.3 is 9.47 Å². The van der Waals surface area contributed by atoms with Crippen molar-refractivity contribution in [3.63, 3.8) is 0 Å². The maximum Gasteiger partial charge on any atom is 0.573 e. The van der Waals surface area contributed by atoms with Crippen LogP contribution < -0.4 is 4.74 Å². The van der Waals surface area contributed by atoms with Crippen molar-refractivity contribution < 1.29 is 32.4 Å². The predicted molar refractivity (Wildman–Crippen MR) is 55.7 cm³/mol. The van der Waals surface area contributed by atoms with Crippen LogP contribution in [0.1, 0.15) is 17.3 Å². The molecule has 9 heteroatoms. The summed E-state index contributed by atoms with van der Waals surface area (Å²) >= 11 is 0. The SMILES string of the molecule is CCOC(=O)c1cc(OC(F)(F)F)ccc1[N+](=O)[O-]. The van der Waals surface area contributed by atoms with Crippen molar-refractivity contribution in [2.24, 2.45) is 0 Å². The summed E-state index contributed by atoms with van der Waals surface area (Å²) < 4.78 is 44.1. The average Bonchev–Trinajstić information content (AvgIpc) is 2.26. The number of nitro benzene ring substituents is 1. The van der Waals surface area contributed by atoms with Gasteiger partial charge in [-0.1, -0.05) is 0 Å². The second kappa shape index (κ2) is 5.55. The summed E-state index contributed by atoms with van der Waals surface area (Å²) in [5, 5.41) is 10.7. The molecule has 0 aliphatic carbocycles. The molecule has 0 saturated carbocycles. The molecule has 19 heavy (non-hydrogen) atoms. The van der Waals surface area contributed by atoms with E-state index in [0.29, 0.717) is 6.07 Å². The summed E-state index contributed by atoms with van der Waals surface area (Å²) in [6, 6.07) is 2.10. The fraction of sp³-hybridized carbons (Fsp3) is 0.300. The summed E-state index contributed by atoms with van der Waals surface area (Å²) in [6.07, 6.45) is -4.96. The Kier molecular flexibility index (Phi) is 4.30. The molecule has 0 amide bonds. The van der Waals surface area contributed by atoms with E-state index in [0.717, 1.165) is 12.1 Å². The van der Waals surface area contributed by atoms with Crippen LogP contribution in [0.5, 0.6) is 5.75 Å². The minimum atomic E-state index is -4.96. The lowest BCUT2D eigenvalue weighted by Gasteiger charge is -2.10. The van der Waals surface area contributed by atoms with E-state index in [2.05, 4.69) is 9.47 Å². The number of ether oxygens (including phenoxy) is 2. The van der Waals surface area contributed by atoms with Crippen molar-refractivity contribution in [2.75, 3.05) is 6.61 Å². The molecular formula is C10H8F3NO5. The Morgan fingerprint density at radius 3 is 2.53 bits per heavy atom. The fourth-order valence-electron chi connectivity index (χ4n) is 1.24. The molecule has 0 unspecified atom stereocenters. The van der Waals surface area contributed by atoms with Crippen LogP contribution in [-0.2, 0) is 4.74 Å². The van der Waals surface area contributed by atoms with E-state index in [1.807, 2.05) is 0 Å². The van der Waals surface area contributed by atoms with Crippen molar-refractivity contribution >= 4 is 11.7 Å². The number of carbonyl (C=O) groups excluding carboxylic acids is 1. The highest BCUT2D eigenvalue weighted by Crippen LogP contribution is 2.28. The Morgan fingerprint density at radius 1 is 1.42 bits per heavy atom. The molecule has 0 aromatic heterocycles. The normalized spacial score (nSPS) is 10.9. The maximum atomic E-state index is 12.0. The Labute approximate surface area is 104 Å². The van der Waals surface area contributed by atoms with Gasteiger partial charge in [-0.3, -0.25) is 10.1 Å². The van der Waals surface area contributed by atoms with E-state index in [9.17, 15) is 28.1 Å². The average molecular weight is 279 g/mol. The molecule has 0 radical (unpaired) electrons. The lowest BCUT2D eigenvalue weighted by atomic mass is 10.1. The third kappa shape index (κ3) is 4.12. The molecule has 0 fully saturated rings. The van der Waals surface area contributed by atoms with Gasteiger partial charge in [0.1, 0.15) is 11.3 Å². The number of esters is 1. The van der Waals surface area contributed by atoms with E-state index >= 15 is 0 Å². The molecule has 0 aliphatic heterocycles. The van der Waals surface area contributed by atoms with Gasteiger partial charge in [0, 0.05) is 12.1 Å². The van der Waals surface area contributed by atoms with E-state index in [4.69, 9.17) is 0 Å². The zero-order valence-corrected chi connectivity index (χ0v) is 9.56. The first kappa shape index (κ1) is 14.7. The van der Waals surface area contributed by atoms with Crippen LogP contribution in [0, 0.1) is 10.1 Å². The summed E-state index contributed by atoms with van der Waals surface area (Å²) in [6.45, 7) is 1.39. The molecule has 0 N–H and O–H groups in total. The highest BCUT2D eigenvalue weighted by atomic mass is 19.4. The van der Waals surface area contributed by atoms with Crippen LogP contribution in [0.3, 0.4) is 0 Å². The highest BCUT2D eigenvalue weighted by molar-refractivity contribution is 5.94. The molecule has 0 atom stereocenters. The van der Waals surface area contributed by atoms with Crippen molar-refractivity contribution in [1.29, 1.82) is 0 Å². The second-order valence-corrected chi connectivity index (χ2v) is 3.20. The predicted octanol–water partition coefficient (Wildman–Crippen LogP) is 2.67. The molecule has 1 aromatic carbocycles. The van der Waals surface area contributed by atoms with Crippen LogP contribution in [0.2, 0.25) is 0 Å². The first-order valence-electron chi connectivity index (χ1n) is 4.96. The van der Waals surface area contributed by atoms with Crippen molar-refractivity contribution in [3.8, 4) is 5.75 Å². The first-order chi connectivity index (χ1) is 8.74. The Morgan fingerprint density at radius 2 is 2.05 bits per heavy atom. The Hall–Kier alpha value is -2.32. The Bertz CT molecular complexity index is 500. The molecule has 0 saturated heterocycles. The topological polar surface area (TPSA) is 78.7 Å². The quantitative estimate of drug-likeness (QED) is 0.481. The summed E-state index contributed by atoms with van der Waals surface area (Å²) in [7, 11) is 0. The number of halogens is 3. The zero-order chi connectivity index (χ0) is 14.6. The molecule has 0 bridgehead atoms. The van der Waals surface area contributed by atoms with Gasteiger partial charge in [0.05, 0.1) is 11.5 Å². The van der Waals surface area contributed by atoms with Crippen LogP contribution in [0.25, 0.3) is 0 Å². The van der Waals surface area contributed by atoms with Gasteiger partial charge in [-0.25, -0.2) is 4.79 Å². The van der Waals surface area contributed by atoms with Gasteiger partial charge in [-0.15, -0.1) is 13.2 Å². The van der Waals surface area contributed by atoms with Crippen LogP contribution in [0.15, 0.2) is 18.2 Å². The number of alkyl halides is 3. The van der Waals surface area contributed by atoms with Crippen molar-refractivity contribution in [1.82, 2.24) is 0 Å². The third-order valence-corrected chi connectivity index (χ3v) is 1.89. The minimum Gasteiger partial charge on any atom is -0.462 e. The third-order valence-electron chi connectivity index (χ3n) is 1.89. The summed E-state index contributed by atoms with van der Waals surface area (Å²) in [5.74, 6) is -1.83. The Balaban J connectivity index is 3.18. The van der Waals surface area contributed by atoms with Gasteiger partial charge in [0.25, 0.3) is 5.69 Å². The zero-order valence-electron chi connectivity index (χ0n) is 9.56. The monoisotopic (exact) mass is 279 g/mol. The molecular weight excluding hydrogens is 271 g/mol. The van der Waals surface area contributed by atoms with Crippen LogP contribution in [0.4, 0.5) is 18.9 Å². The van der Waals surface area contributed by atoms with Crippen LogP contribution >= 0.6 is 0 Å². The molecule has 1 rings (SSSR count). The smallest absolute Gasteiger partial charge is 0.462 e. The summed E-state index contributed by atoms with van der Waals surface area (Å²) in [5.41, 5.74) is -1.26. The number of rotatable bonds is 4. The van der Waals surface area contributed by atoms with Gasteiger partial charge in [-0.2, -0.15) is 0 Å². The van der Waals surface area contributed by atoms with Crippen molar-refractivity contribution in [3.05, 3.63) is 33.9 Å². The number of benzene rings is 1. The molecule has 0 spiro atoms. The molecule has 0 heterocycles. The number of carbonyl (C=O) groups is 1. The molecule has 104 valence electrons. The number of nitrogens with zero attached hydrogens (tertiary/aromatic N) is 1. The fourth-order valence-corrected chi connectivity index (χ4v) is 1.24. The van der Waals surface area contributed by atoms with Gasteiger partial charge in [0.15, 0.2) is 0 Å². The lowest BCUT2D eigenvalue weighted by molar-refractivity contribution is -0.385. The molecule has 1 aromatic rings. The highest BCUT2D eigenvalue weighted by Gasteiger charge is 2.32. The lowest BCUT2D eigenvalue weighted by Crippen LogP contribution is -2.17. The maximum absolute atomic E-state index is 12.0. The number of hydrogen-bond acceptors (Lipinski definition) is 5. The second-order valence-electron chi connectivity index (χ2n) is 3.20. The van der Waals surface area contributed by atoms with Gasteiger partial charge in [0.2, 0.25) is 0 Å². The molecule has 0 aliphatic rings. The first-order valence-corrected chi connectivity index (χ1v) is 4.96. The van der Waals surface area contributed by atoms with Crippen molar-refractivity contribution in [2.45, 2.75) is 13.3 Å².